The maximum atomic E-state index is 13.2. The van der Waals surface area contributed by atoms with E-state index in [9.17, 15) is 18.0 Å². The van der Waals surface area contributed by atoms with Gasteiger partial charge in [0.25, 0.3) is 5.91 Å². The molecule has 1 aliphatic rings. The molecule has 6 nitrogen and oxygen atoms in total. The molecule has 1 saturated heterocycles. The second-order valence-corrected chi connectivity index (χ2v) is 10.3. The summed E-state index contributed by atoms with van der Waals surface area (Å²) < 4.78 is 27.8. The van der Waals surface area contributed by atoms with Gasteiger partial charge in [-0.1, -0.05) is 24.3 Å². The van der Waals surface area contributed by atoms with E-state index in [1.807, 2.05) is 23.6 Å². The number of carbonyl (C=O) groups excluding carboxylic acids is 2. The first-order valence-electron chi connectivity index (χ1n) is 9.92. The Labute approximate surface area is 185 Å². The molecular formula is C23H22N2O4S2. The lowest BCUT2D eigenvalue weighted by Crippen LogP contribution is -2.55. The van der Waals surface area contributed by atoms with Gasteiger partial charge in [-0.25, -0.2) is 8.42 Å². The van der Waals surface area contributed by atoms with Gasteiger partial charge in [0.15, 0.2) is 0 Å². The third kappa shape index (κ3) is 4.32. The maximum Gasteiger partial charge on any atom is 0.253 e. The number of rotatable bonds is 5. The number of hydrogen-bond acceptors (Lipinski definition) is 5. The molecule has 0 saturated carbocycles. The van der Waals surface area contributed by atoms with Crippen LogP contribution in [0.2, 0.25) is 0 Å². The fourth-order valence-corrected chi connectivity index (χ4v) is 6.01. The summed E-state index contributed by atoms with van der Waals surface area (Å²) in [4.78, 5) is 27.6. The first-order chi connectivity index (χ1) is 14.9. The number of amides is 1. The van der Waals surface area contributed by atoms with E-state index >= 15 is 0 Å². The molecule has 1 atom stereocenters. The van der Waals surface area contributed by atoms with Crippen LogP contribution in [0.1, 0.15) is 32.5 Å². The summed E-state index contributed by atoms with van der Waals surface area (Å²) in [5.74, 6) is -0.221. The molecule has 160 valence electrons. The molecule has 2 heterocycles. The Morgan fingerprint density at radius 2 is 1.61 bits per heavy atom. The second kappa shape index (κ2) is 8.74. The average molecular weight is 455 g/mol. The van der Waals surface area contributed by atoms with E-state index in [0.717, 1.165) is 0 Å². The highest BCUT2D eigenvalue weighted by molar-refractivity contribution is 7.89. The number of piperazine rings is 1. The average Bonchev–Trinajstić information content (AvgIpc) is 3.33. The van der Waals surface area contributed by atoms with Crippen LogP contribution >= 0.6 is 11.3 Å². The molecule has 0 unspecified atom stereocenters. The van der Waals surface area contributed by atoms with Gasteiger partial charge < -0.3 is 4.90 Å². The smallest absolute Gasteiger partial charge is 0.253 e. The van der Waals surface area contributed by atoms with Gasteiger partial charge in [-0.3, -0.25) is 9.59 Å². The van der Waals surface area contributed by atoms with Gasteiger partial charge in [-0.05, 0) is 54.8 Å². The van der Waals surface area contributed by atoms with Gasteiger partial charge in [-0.15, -0.1) is 11.3 Å². The van der Waals surface area contributed by atoms with E-state index in [0.29, 0.717) is 29.1 Å². The van der Waals surface area contributed by atoms with Crippen LogP contribution in [-0.2, 0) is 10.0 Å². The Balaban J connectivity index is 1.48. The molecule has 1 aromatic heterocycles. The zero-order valence-corrected chi connectivity index (χ0v) is 18.6. The van der Waals surface area contributed by atoms with Crippen LogP contribution < -0.4 is 0 Å². The minimum Gasteiger partial charge on any atom is -0.336 e. The first kappa shape index (κ1) is 21.4. The summed E-state index contributed by atoms with van der Waals surface area (Å²) in [6, 6.07) is 18.2. The molecule has 0 spiro atoms. The lowest BCUT2D eigenvalue weighted by molar-refractivity contribution is 0.0642. The van der Waals surface area contributed by atoms with Crippen LogP contribution in [0.3, 0.4) is 0 Å². The molecule has 31 heavy (non-hydrogen) atoms. The van der Waals surface area contributed by atoms with Crippen LogP contribution in [-0.4, -0.2) is 55.0 Å². The quantitative estimate of drug-likeness (QED) is 0.553. The standard InChI is InChI=1S/C23H22N2O4S2/c1-17-16-24(23(27)19-6-3-2-4-7-19)13-14-25(17)31(28,29)20-11-9-18(10-12-20)22(26)21-8-5-15-30-21/h2-12,15,17H,13-14,16H2,1H3/t17-/m1/s1. The SMILES string of the molecule is C[C@@H]1CN(C(=O)c2ccccc2)CCN1S(=O)(=O)c1ccc(C(=O)c2cccs2)cc1. The van der Waals surface area contributed by atoms with Crippen molar-refractivity contribution in [1.29, 1.82) is 0 Å². The molecule has 3 aromatic rings. The molecule has 0 aliphatic carbocycles. The summed E-state index contributed by atoms with van der Waals surface area (Å²) in [5.41, 5.74) is 1.05. The van der Waals surface area contributed by atoms with Crippen molar-refractivity contribution < 1.29 is 18.0 Å². The summed E-state index contributed by atoms with van der Waals surface area (Å²) in [6.07, 6.45) is 0. The Hall–Kier alpha value is -2.81. The molecule has 0 radical (unpaired) electrons. The van der Waals surface area contributed by atoms with Crippen molar-refractivity contribution in [2.45, 2.75) is 17.9 Å². The van der Waals surface area contributed by atoms with Crippen LogP contribution in [0.4, 0.5) is 0 Å². The van der Waals surface area contributed by atoms with Gasteiger partial charge in [0, 0.05) is 36.8 Å². The van der Waals surface area contributed by atoms with Crippen molar-refractivity contribution in [3.8, 4) is 0 Å². The van der Waals surface area contributed by atoms with Crippen molar-refractivity contribution in [2.24, 2.45) is 0 Å². The van der Waals surface area contributed by atoms with Crippen LogP contribution in [0.15, 0.2) is 77.0 Å². The van der Waals surface area contributed by atoms with E-state index in [-0.39, 0.29) is 29.2 Å². The van der Waals surface area contributed by atoms with Crippen LogP contribution in [0, 0.1) is 0 Å². The predicted octanol–water partition coefficient (Wildman–Crippen LogP) is 3.51. The molecule has 0 bridgehead atoms. The topological polar surface area (TPSA) is 74.8 Å². The van der Waals surface area contributed by atoms with Gasteiger partial charge in [0.05, 0.1) is 9.77 Å². The third-order valence-corrected chi connectivity index (χ3v) is 8.24. The van der Waals surface area contributed by atoms with Gasteiger partial charge >= 0.3 is 0 Å². The molecule has 1 fully saturated rings. The van der Waals surface area contributed by atoms with Crippen LogP contribution in [0.5, 0.6) is 0 Å². The lowest BCUT2D eigenvalue weighted by Gasteiger charge is -2.39. The molecule has 2 aromatic carbocycles. The zero-order chi connectivity index (χ0) is 22.0. The third-order valence-electron chi connectivity index (χ3n) is 5.34. The van der Waals surface area contributed by atoms with Crippen molar-refractivity contribution in [3.63, 3.8) is 0 Å². The number of thiophene rings is 1. The largest absolute Gasteiger partial charge is 0.336 e. The van der Waals surface area contributed by atoms with E-state index in [2.05, 4.69) is 0 Å². The second-order valence-electron chi connectivity index (χ2n) is 7.41. The Morgan fingerprint density at radius 3 is 2.23 bits per heavy atom. The van der Waals surface area contributed by atoms with E-state index in [1.54, 1.807) is 48.2 Å². The van der Waals surface area contributed by atoms with Crippen molar-refractivity contribution in [1.82, 2.24) is 9.21 Å². The number of ketones is 1. The Kier molecular flexibility index (Phi) is 6.04. The number of hydrogen-bond donors (Lipinski definition) is 0. The normalized spacial score (nSPS) is 17.5. The number of carbonyl (C=O) groups is 2. The predicted molar refractivity (Wildman–Crippen MR) is 120 cm³/mol. The highest BCUT2D eigenvalue weighted by atomic mass is 32.2. The highest BCUT2D eigenvalue weighted by Gasteiger charge is 2.35. The van der Waals surface area contributed by atoms with Crippen molar-refractivity contribution >= 4 is 33.1 Å². The van der Waals surface area contributed by atoms with Crippen molar-refractivity contribution in [3.05, 3.63) is 88.1 Å². The van der Waals surface area contributed by atoms with Crippen molar-refractivity contribution in [2.75, 3.05) is 19.6 Å². The summed E-state index contributed by atoms with van der Waals surface area (Å²) >= 11 is 1.35. The fourth-order valence-electron chi connectivity index (χ4n) is 3.71. The Morgan fingerprint density at radius 1 is 0.903 bits per heavy atom. The van der Waals surface area contributed by atoms with E-state index in [4.69, 9.17) is 0 Å². The van der Waals surface area contributed by atoms with E-state index < -0.39 is 10.0 Å². The first-order valence-corrected chi connectivity index (χ1v) is 12.2. The monoisotopic (exact) mass is 454 g/mol. The van der Waals surface area contributed by atoms with Gasteiger partial charge in [0.1, 0.15) is 0 Å². The summed E-state index contributed by atoms with van der Waals surface area (Å²) in [5, 5.41) is 1.83. The van der Waals surface area contributed by atoms with Gasteiger partial charge in [0.2, 0.25) is 15.8 Å². The molecule has 1 aliphatic heterocycles. The number of benzene rings is 2. The minimum absolute atomic E-state index is 0.0964. The van der Waals surface area contributed by atoms with Gasteiger partial charge in [-0.2, -0.15) is 4.31 Å². The van der Waals surface area contributed by atoms with E-state index in [1.165, 1.54) is 27.8 Å². The lowest BCUT2D eigenvalue weighted by atomic mass is 10.1. The van der Waals surface area contributed by atoms with Crippen LogP contribution in [0.25, 0.3) is 0 Å². The fraction of sp³-hybridized carbons (Fsp3) is 0.217. The molecule has 0 N–H and O–H groups in total. The molecular weight excluding hydrogens is 432 g/mol. The Bertz CT molecular complexity index is 1170. The summed E-state index contributed by atoms with van der Waals surface area (Å²) in [7, 11) is -3.73. The molecule has 4 rings (SSSR count). The maximum absolute atomic E-state index is 13.2. The minimum atomic E-state index is -3.73. The molecule has 1 amide bonds. The highest BCUT2D eigenvalue weighted by Crippen LogP contribution is 2.24. The summed E-state index contributed by atoms with van der Waals surface area (Å²) in [6.45, 7) is 2.67. The molecule has 8 heteroatoms. The number of nitrogens with zero attached hydrogens (tertiary/aromatic N) is 2. The number of sulfonamides is 1. The zero-order valence-electron chi connectivity index (χ0n) is 17.0.